The van der Waals surface area contributed by atoms with E-state index in [-0.39, 0.29) is 12.8 Å². The third kappa shape index (κ3) is 4.55. The highest BCUT2D eigenvalue weighted by Gasteiger charge is 2.18. The van der Waals surface area contributed by atoms with Crippen molar-refractivity contribution in [2.24, 2.45) is 0 Å². The van der Waals surface area contributed by atoms with E-state index in [9.17, 15) is 5.11 Å². The van der Waals surface area contributed by atoms with Gasteiger partial charge in [-0.25, -0.2) is 4.68 Å². The lowest BCUT2D eigenvalue weighted by molar-refractivity contribution is -0.0394. The van der Waals surface area contributed by atoms with Crippen LogP contribution in [0.1, 0.15) is 36.6 Å². The molecular formula is C21H25N5O3. The molecule has 0 saturated carbocycles. The van der Waals surface area contributed by atoms with E-state index in [0.29, 0.717) is 23.6 Å². The van der Waals surface area contributed by atoms with Crippen LogP contribution in [0.2, 0.25) is 0 Å². The monoisotopic (exact) mass is 395 g/mol. The van der Waals surface area contributed by atoms with Gasteiger partial charge >= 0.3 is 0 Å². The van der Waals surface area contributed by atoms with Gasteiger partial charge in [0.1, 0.15) is 23.5 Å². The minimum atomic E-state index is -0.132. The van der Waals surface area contributed by atoms with Crippen LogP contribution in [0.3, 0.4) is 0 Å². The van der Waals surface area contributed by atoms with Crippen LogP contribution in [0.4, 0.5) is 5.82 Å². The number of benzene rings is 1. The first-order valence-corrected chi connectivity index (χ1v) is 9.77. The number of nitrogens with one attached hydrogen (secondary N) is 1. The molecule has 1 atom stereocenters. The summed E-state index contributed by atoms with van der Waals surface area (Å²) in [7, 11) is 1.65. The van der Waals surface area contributed by atoms with Gasteiger partial charge in [0.25, 0.3) is 0 Å². The maximum Gasteiger partial charge on any atom is 0.150 e. The Morgan fingerprint density at radius 3 is 2.83 bits per heavy atom. The highest BCUT2D eigenvalue weighted by molar-refractivity contribution is 5.62. The van der Waals surface area contributed by atoms with E-state index in [1.54, 1.807) is 13.3 Å². The third-order valence-corrected chi connectivity index (χ3v) is 5.00. The highest BCUT2D eigenvalue weighted by Crippen LogP contribution is 2.27. The Balaban J connectivity index is 1.47. The van der Waals surface area contributed by atoms with E-state index in [1.165, 1.54) is 0 Å². The SMILES string of the molecule is COc1ccc(CNc2cc(CO)c(-c3cnn(C4CCCCO4)c3)nn2)cc1. The molecule has 1 fully saturated rings. The van der Waals surface area contributed by atoms with Gasteiger partial charge in [0.05, 0.1) is 19.9 Å². The Hall–Kier alpha value is -2.97. The summed E-state index contributed by atoms with van der Waals surface area (Å²) in [5, 5.41) is 26.1. The molecule has 4 rings (SSSR count). The molecule has 0 amide bonds. The van der Waals surface area contributed by atoms with Gasteiger partial charge in [-0.1, -0.05) is 12.1 Å². The minimum absolute atomic E-state index is 0.0338. The van der Waals surface area contributed by atoms with E-state index >= 15 is 0 Å². The Labute approximate surface area is 169 Å². The average Bonchev–Trinajstić information content (AvgIpc) is 3.28. The quantitative estimate of drug-likeness (QED) is 0.635. The maximum atomic E-state index is 9.84. The zero-order chi connectivity index (χ0) is 20.1. The topological polar surface area (TPSA) is 94.3 Å². The molecule has 2 aromatic heterocycles. The molecule has 1 aliphatic rings. The Kier molecular flexibility index (Phi) is 6.02. The number of hydrogen-bond acceptors (Lipinski definition) is 7. The molecule has 8 nitrogen and oxygen atoms in total. The minimum Gasteiger partial charge on any atom is -0.497 e. The molecule has 1 unspecified atom stereocenters. The molecule has 0 radical (unpaired) electrons. The van der Waals surface area contributed by atoms with Crippen molar-refractivity contribution in [3.8, 4) is 17.0 Å². The Bertz CT molecular complexity index is 936. The van der Waals surface area contributed by atoms with Gasteiger partial charge in [0.15, 0.2) is 0 Å². The van der Waals surface area contributed by atoms with Crippen LogP contribution in [0, 0.1) is 0 Å². The number of aliphatic hydroxyl groups is 1. The number of rotatable bonds is 7. The fraction of sp³-hybridized carbons (Fsp3) is 0.381. The summed E-state index contributed by atoms with van der Waals surface area (Å²) in [6.45, 7) is 1.23. The van der Waals surface area contributed by atoms with Gasteiger partial charge in [-0.3, -0.25) is 0 Å². The first-order chi connectivity index (χ1) is 14.3. The van der Waals surface area contributed by atoms with Crippen LogP contribution >= 0.6 is 0 Å². The van der Waals surface area contributed by atoms with Crippen LogP contribution in [0.25, 0.3) is 11.3 Å². The van der Waals surface area contributed by atoms with Crippen molar-refractivity contribution in [2.75, 3.05) is 19.0 Å². The number of ether oxygens (including phenoxy) is 2. The molecule has 3 heterocycles. The van der Waals surface area contributed by atoms with Crippen LogP contribution in [-0.2, 0) is 17.9 Å². The van der Waals surface area contributed by atoms with E-state index in [2.05, 4.69) is 20.6 Å². The van der Waals surface area contributed by atoms with Crippen LogP contribution in [-0.4, -0.2) is 38.8 Å². The van der Waals surface area contributed by atoms with Crippen molar-refractivity contribution in [3.05, 3.63) is 53.9 Å². The molecule has 1 aromatic carbocycles. The number of aliphatic hydroxyl groups excluding tert-OH is 1. The number of anilines is 1. The number of hydrogen-bond donors (Lipinski definition) is 2. The van der Waals surface area contributed by atoms with Gasteiger partial charge < -0.3 is 19.9 Å². The lowest BCUT2D eigenvalue weighted by Crippen LogP contribution is -2.18. The van der Waals surface area contributed by atoms with Gasteiger partial charge in [0.2, 0.25) is 0 Å². The number of nitrogens with zero attached hydrogens (tertiary/aromatic N) is 4. The van der Waals surface area contributed by atoms with Crippen molar-refractivity contribution in [2.45, 2.75) is 38.6 Å². The largest absolute Gasteiger partial charge is 0.497 e. The maximum absolute atomic E-state index is 9.84. The summed E-state index contributed by atoms with van der Waals surface area (Å²) < 4.78 is 12.8. The summed E-state index contributed by atoms with van der Waals surface area (Å²) in [4.78, 5) is 0. The second kappa shape index (κ2) is 9.02. The van der Waals surface area contributed by atoms with E-state index < -0.39 is 0 Å². The van der Waals surface area contributed by atoms with Crippen molar-refractivity contribution < 1.29 is 14.6 Å². The molecule has 1 aliphatic heterocycles. The molecule has 2 N–H and O–H groups in total. The highest BCUT2D eigenvalue weighted by atomic mass is 16.5. The van der Waals surface area contributed by atoms with Crippen molar-refractivity contribution in [3.63, 3.8) is 0 Å². The van der Waals surface area contributed by atoms with Gasteiger partial charge in [-0.15, -0.1) is 10.2 Å². The first kappa shape index (κ1) is 19.4. The second-order valence-electron chi connectivity index (χ2n) is 6.99. The van der Waals surface area contributed by atoms with Crippen LogP contribution in [0.15, 0.2) is 42.7 Å². The van der Waals surface area contributed by atoms with Gasteiger partial charge in [-0.05, 0) is 43.0 Å². The van der Waals surface area contributed by atoms with Crippen molar-refractivity contribution in [1.29, 1.82) is 0 Å². The van der Waals surface area contributed by atoms with Crippen molar-refractivity contribution in [1.82, 2.24) is 20.0 Å². The lowest BCUT2D eigenvalue weighted by Gasteiger charge is -2.22. The summed E-state index contributed by atoms with van der Waals surface area (Å²) in [5.41, 5.74) is 3.24. The number of methoxy groups -OCH3 is 1. The van der Waals surface area contributed by atoms with E-state index in [1.807, 2.05) is 41.2 Å². The molecule has 0 aliphatic carbocycles. The van der Waals surface area contributed by atoms with Crippen molar-refractivity contribution >= 4 is 5.82 Å². The summed E-state index contributed by atoms with van der Waals surface area (Å²) in [6.07, 6.45) is 6.79. The predicted octanol–water partition coefficient (Wildman–Crippen LogP) is 3.15. The number of aromatic nitrogens is 4. The average molecular weight is 395 g/mol. The van der Waals surface area contributed by atoms with E-state index in [0.717, 1.165) is 42.7 Å². The zero-order valence-corrected chi connectivity index (χ0v) is 16.4. The molecule has 29 heavy (non-hydrogen) atoms. The first-order valence-electron chi connectivity index (χ1n) is 9.77. The molecular weight excluding hydrogens is 370 g/mol. The summed E-state index contributed by atoms with van der Waals surface area (Å²) >= 11 is 0. The Morgan fingerprint density at radius 1 is 1.24 bits per heavy atom. The fourth-order valence-electron chi connectivity index (χ4n) is 3.37. The summed E-state index contributed by atoms with van der Waals surface area (Å²) in [5.74, 6) is 1.43. The lowest BCUT2D eigenvalue weighted by atomic mass is 10.1. The Morgan fingerprint density at radius 2 is 2.10 bits per heavy atom. The van der Waals surface area contributed by atoms with E-state index in [4.69, 9.17) is 9.47 Å². The molecule has 152 valence electrons. The molecule has 0 bridgehead atoms. The van der Waals surface area contributed by atoms with Crippen LogP contribution < -0.4 is 10.1 Å². The fourth-order valence-corrected chi connectivity index (χ4v) is 3.37. The predicted molar refractivity (Wildman–Crippen MR) is 108 cm³/mol. The standard InChI is InChI=1S/C21H25N5O3/c1-28-18-7-5-15(6-8-18)11-22-19-10-16(14-27)21(25-24-19)17-12-23-26(13-17)20-4-2-3-9-29-20/h5-8,10,12-13,20,27H,2-4,9,11,14H2,1H3,(H,22,24). The van der Waals surface area contributed by atoms with Crippen LogP contribution in [0.5, 0.6) is 5.75 Å². The summed E-state index contributed by atoms with van der Waals surface area (Å²) in [6, 6.07) is 9.63. The second-order valence-corrected chi connectivity index (χ2v) is 6.99. The van der Waals surface area contributed by atoms with Gasteiger partial charge in [0, 0.05) is 30.5 Å². The normalized spacial score (nSPS) is 16.6. The third-order valence-electron chi connectivity index (χ3n) is 5.00. The molecule has 8 heteroatoms. The van der Waals surface area contributed by atoms with Gasteiger partial charge in [-0.2, -0.15) is 5.10 Å². The smallest absolute Gasteiger partial charge is 0.150 e. The molecule has 0 spiro atoms. The molecule has 1 saturated heterocycles. The zero-order valence-electron chi connectivity index (χ0n) is 16.4. The molecule has 3 aromatic rings.